The Morgan fingerprint density at radius 1 is 1.05 bits per heavy atom. The maximum absolute atomic E-state index is 14.5. The molecule has 4 aromatic rings. The summed E-state index contributed by atoms with van der Waals surface area (Å²) in [6.07, 6.45) is -1.38. The predicted octanol–water partition coefficient (Wildman–Crippen LogP) is 6.15. The quantitative estimate of drug-likeness (QED) is 0.208. The highest BCUT2D eigenvalue weighted by atomic mass is 19.4. The Hall–Kier alpha value is -4.81. The predicted molar refractivity (Wildman–Crippen MR) is 144 cm³/mol. The summed E-state index contributed by atoms with van der Waals surface area (Å²) < 4.78 is 66.4. The van der Waals surface area contributed by atoms with Crippen LogP contribution in [0.25, 0.3) is 0 Å². The van der Waals surface area contributed by atoms with Crippen LogP contribution in [-0.2, 0) is 12.8 Å². The monoisotopic (exact) mass is 570 g/mol. The van der Waals surface area contributed by atoms with Crippen LogP contribution in [0, 0.1) is 5.82 Å². The van der Waals surface area contributed by atoms with E-state index in [1.807, 2.05) is 0 Å². The normalized spacial score (nSPS) is 13.2. The summed E-state index contributed by atoms with van der Waals surface area (Å²) in [5.41, 5.74) is 0.433. The highest BCUT2D eigenvalue weighted by Gasteiger charge is 2.36. The second-order valence-electron chi connectivity index (χ2n) is 9.30. The van der Waals surface area contributed by atoms with E-state index in [0.29, 0.717) is 36.2 Å². The molecule has 214 valence electrons. The number of amides is 1. The fourth-order valence-corrected chi connectivity index (χ4v) is 4.41. The Morgan fingerprint density at radius 3 is 2.54 bits per heavy atom. The van der Waals surface area contributed by atoms with Crippen molar-refractivity contribution >= 4 is 28.8 Å². The second kappa shape index (κ2) is 11.7. The lowest BCUT2D eigenvalue weighted by Gasteiger charge is -2.23. The Morgan fingerprint density at radius 2 is 1.83 bits per heavy atom. The standard InChI is InChI=1S/C28H26F4N6O3/c1-40-26-9-6-19(15-33-26)34-25-14-20(36-37-25)16-41-24-12-17(4-7-22(24)29)27(39)35-18-5-8-23(38-10-2-3-11-38)21(13-18)28(30,31)32/h4-9,12-15H,2-3,10-11,16H2,1H3,(H,35,39)(H2,34,36,37). The molecular weight excluding hydrogens is 544 g/mol. The molecule has 0 atom stereocenters. The molecule has 41 heavy (non-hydrogen) atoms. The summed E-state index contributed by atoms with van der Waals surface area (Å²) in [6.45, 7) is 0.998. The first kappa shape index (κ1) is 27.7. The third-order valence-electron chi connectivity index (χ3n) is 6.43. The summed E-state index contributed by atoms with van der Waals surface area (Å²) in [4.78, 5) is 18.6. The molecule has 0 unspecified atom stereocenters. The number of nitrogens with zero attached hydrogens (tertiary/aromatic N) is 3. The van der Waals surface area contributed by atoms with E-state index >= 15 is 0 Å². The first-order valence-electron chi connectivity index (χ1n) is 12.7. The summed E-state index contributed by atoms with van der Waals surface area (Å²) in [5.74, 6) is -0.693. The molecule has 1 saturated heterocycles. The smallest absolute Gasteiger partial charge is 0.418 e. The van der Waals surface area contributed by atoms with Crippen molar-refractivity contribution in [2.75, 3.05) is 35.7 Å². The third-order valence-corrected chi connectivity index (χ3v) is 6.43. The molecule has 3 N–H and O–H groups in total. The van der Waals surface area contributed by atoms with Crippen LogP contribution >= 0.6 is 0 Å². The molecule has 1 aliphatic rings. The van der Waals surface area contributed by atoms with Gasteiger partial charge in [0.05, 0.1) is 30.3 Å². The van der Waals surface area contributed by atoms with Crippen LogP contribution in [0.3, 0.4) is 0 Å². The number of carbonyl (C=O) groups is 1. The molecule has 1 amide bonds. The minimum Gasteiger partial charge on any atom is -0.484 e. The highest BCUT2D eigenvalue weighted by molar-refractivity contribution is 6.04. The first-order valence-corrected chi connectivity index (χ1v) is 12.7. The van der Waals surface area contributed by atoms with E-state index in [1.54, 1.807) is 29.3 Å². The molecule has 2 aromatic carbocycles. The molecule has 0 radical (unpaired) electrons. The number of nitrogens with one attached hydrogen (secondary N) is 3. The van der Waals surface area contributed by atoms with Gasteiger partial charge in [0.2, 0.25) is 5.88 Å². The number of anilines is 4. The van der Waals surface area contributed by atoms with Crippen molar-refractivity contribution < 1.29 is 31.8 Å². The molecule has 9 nitrogen and oxygen atoms in total. The number of hydrogen-bond acceptors (Lipinski definition) is 7. The van der Waals surface area contributed by atoms with Crippen molar-refractivity contribution in [2.24, 2.45) is 0 Å². The van der Waals surface area contributed by atoms with E-state index in [0.717, 1.165) is 25.0 Å². The van der Waals surface area contributed by atoms with E-state index in [4.69, 9.17) is 9.47 Å². The van der Waals surface area contributed by atoms with E-state index < -0.39 is 23.5 Å². The number of carbonyl (C=O) groups excluding carboxylic acids is 1. The summed E-state index contributed by atoms with van der Waals surface area (Å²) in [7, 11) is 1.52. The van der Waals surface area contributed by atoms with Gasteiger partial charge in [0.15, 0.2) is 17.4 Å². The number of benzene rings is 2. The van der Waals surface area contributed by atoms with Gasteiger partial charge in [-0.1, -0.05) is 0 Å². The average molecular weight is 571 g/mol. The topological polar surface area (TPSA) is 104 Å². The second-order valence-corrected chi connectivity index (χ2v) is 9.30. The van der Waals surface area contributed by atoms with Crippen LogP contribution in [0.2, 0.25) is 0 Å². The largest absolute Gasteiger partial charge is 0.484 e. The van der Waals surface area contributed by atoms with E-state index in [1.165, 1.54) is 31.4 Å². The molecule has 0 spiro atoms. The number of ether oxygens (including phenoxy) is 2. The molecular formula is C28H26F4N6O3. The summed E-state index contributed by atoms with van der Waals surface area (Å²) >= 11 is 0. The zero-order valence-corrected chi connectivity index (χ0v) is 21.9. The number of pyridine rings is 1. The molecule has 0 saturated carbocycles. The molecule has 13 heteroatoms. The van der Waals surface area contributed by atoms with Gasteiger partial charge >= 0.3 is 6.18 Å². The van der Waals surface area contributed by atoms with Gasteiger partial charge in [-0.05, 0) is 55.3 Å². The maximum Gasteiger partial charge on any atom is 0.418 e. The van der Waals surface area contributed by atoms with Crippen molar-refractivity contribution in [3.8, 4) is 11.6 Å². The lowest BCUT2D eigenvalue weighted by Crippen LogP contribution is -2.22. The minimum absolute atomic E-state index is 0.0116. The number of hydrogen-bond donors (Lipinski definition) is 3. The lowest BCUT2D eigenvalue weighted by atomic mass is 10.1. The molecule has 5 rings (SSSR count). The fraction of sp³-hybridized carbons (Fsp3) is 0.250. The number of aromatic amines is 1. The zero-order valence-electron chi connectivity index (χ0n) is 21.9. The molecule has 1 fully saturated rings. The Balaban J connectivity index is 1.24. The number of H-pyrrole nitrogens is 1. The van der Waals surface area contributed by atoms with Crippen LogP contribution in [0.5, 0.6) is 11.6 Å². The van der Waals surface area contributed by atoms with Crippen LogP contribution in [0.1, 0.15) is 34.5 Å². The van der Waals surface area contributed by atoms with E-state index in [-0.39, 0.29) is 29.3 Å². The van der Waals surface area contributed by atoms with Crippen molar-refractivity contribution in [1.29, 1.82) is 0 Å². The van der Waals surface area contributed by atoms with Crippen LogP contribution < -0.4 is 25.0 Å². The van der Waals surface area contributed by atoms with Crippen LogP contribution in [0.4, 0.5) is 40.4 Å². The summed E-state index contributed by atoms with van der Waals surface area (Å²) in [5, 5.41) is 12.4. The molecule has 0 bridgehead atoms. The fourth-order valence-electron chi connectivity index (χ4n) is 4.41. The van der Waals surface area contributed by atoms with Crippen molar-refractivity contribution in [2.45, 2.75) is 25.6 Å². The molecule has 2 aromatic heterocycles. The number of aromatic nitrogens is 3. The number of alkyl halides is 3. The molecule has 0 aliphatic carbocycles. The minimum atomic E-state index is -4.59. The summed E-state index contributed by atoms with van der Waals surface area (Å²) in [6, 6.07) is 12.3. The van der Waals surface area contributed by atoms with Gasteiger partial charge in [-0.3, -0.25) is 9.89 Å². The third kappa shape index (κ3) is 6.68. The molecule has 3 heterocycles. The first-order chi connectivity index (χ1) is 19.7. The number of rotatable bonds is 9. The zero-order chi connectivity index (χ0) is 29.0. The van der Waals surface area contributed by atoms with Gasteiger partial charge < -0.3 is 25.0 Å². The van der Waals surface area contributed by atoms with Gasteiger partial charge in [0.25, 0.3) is 5.91 Å². The van der Waals surface area contributed by atoms with E-state index in [2.05, 4.69) is 25.8 Å². The van der Waals surface area contributed by atoms with Crippen LogP contribution in [-0.4, -0.2) is 41.3 Å². The van der Waals surface area contributed by atoms with Crippen LogP contribution in [0.15, 0.2) is 60.8 Å². The number of methoxy groups -OCH3 is 1. The van der Waals surface area contributed by atoms with Gasteiger partial charge in [-0.2, -0.15) is 18.3 Å². The number of halogens is 4. The van der Waals surface area contributed by atoms with E-state index in [9.17, 15) is 22.4 Å². The van der Waals surface area contributed by atoms with Crippen molar-refractivity contribution in [3.05, 3.63) is 83.4 Å². The van der Waals surface area contributed by atoms with Gasteiger partial charge in [-0.25, -0.2) is 9.37 Å². The highest BCUT2D eigenvalue weighted by Crippen LogP contribution is 2.39. The van der Waals surface area contributed by atoms with Crippen molar-refractivity contribution in [1.82, 2.24) is 15.2 Å². The van der Waals surface area contributed by atoms with Gasteiger partial charge in [0, 0.05) is 42.2 Å². The SMILES string of the molecule is COc1ccc(Nc2cc(COc3cc(C(=O)Nc4ccc(N5CCCC5)c(C(F)(F)F)c4)ccc3F)[nH]n2)cn1. The van der Waals surface area contributed by atoms with Crippen molar-refractivity contribution in [3.63, 3.8) is 0 Å². The molecule has 1 aliphatic heterocycles. The average Bonchev–Trinajstić information content (AvgIpc) is 3.65. The Bertz CT molecular complexity index is 1520. The van der Waals surface area contributed by atoms with Gasteiger partial charge in [-0.15, -0.1) is 0 Å². The Kier molecular flexibility index (Phi) is 7.95. The lowest BCUT2D eigenvalue weighted by molar-refractivity contribution is -0.137. The maximum atomic E-state index is 14.5. The van der Waals surface area contributed by atoms with Gasteiger partial charge in [0.1, 0.15) is 6.61 Å². The Labute approximate surface area is 232 Å².